The van der Waals surface area contributed by atoms with Crippen LogP contribution in [0.25, 0.3) is 0 Å². The number of hydrogen-bond acceptors (Lipinski definition) is 2. The molecular formula is C9H16O2. The molecule has 2 heteroatoms. The van der Waals surface area contributed by atoms with Crippen molar-refractivity contribution in [3.63, 3.8) is 0 Å². The first-order chi connectivity index (χ1) is 5.34. The third kappa shape index (κ3) is 2.62. The van der Waals surface area contributed by atoms with Gasteiger partial charge in [0, 0.05) is 18.9 Å². The molecule has 1 heterocycles. The summed E-state index contributed by atoms with van der Waals surface area (Å²) in [6.45, 7) is 3.56. The van der Waals surface area contributed by atoms with Crippen LogP contribution >= 0.6 is 0 Å². The van der Waals surface area contributed by atoms with Crippen LogP contribution in [0, 0.1) is 5.92 Å². The second-order valence-electron chi connectivity index (χ2n) is 3.13. The number of ether oxygens (including phenoxy) is 1. The Morgan fingerprint density at radius 1 is 1.64 bits per heavy atom. The lowest BCUT2D eigenvalue weighted by Gasteiger charge is -2.04. The van der Waals surface area contributed by atoms with Crippen molar-refractivity contribution < 1.29 is 9.53 Å². The monoisotopic (exact) mass is 156 g/mol. The predicted octanol–water partition coefficient (Wildman–Crippen LogP) is 1.78. The summed E-state index contributed by atoms with van der Waals surface area (Å²) < 4.78 is 5.14. The summed E-state index contributed by atoms with van der Waals surface area (Å²) in [7, 11) is 0. The third-order valence-corrected chi connectivity index (χ3v) is 2.16. The SMILES string of the molecule is CCCCC(=O)C1CCOC1. The molecule has 0 spiro atoms. The van der Waals surface area contributed by atoms with Gasteiger partial charge in [0.1, 0.15) is 5.78 Å². The van der Waals surface area contributed by atoms with Gasteiger partial charge in [0.2, 0.25) is 0 Å². The van der Waals surface area contributed by atoms with E-state index < -0.39 is 0 Å². The molecule has 1 fully saturated rings. The van der Waals surface area contributed by atoms with Crippen LogP contribution in [-0.2, 0) is 9.53 Å². The molecule has 1 aliphatic rings. The number of carbonyl (C=O) groups excluding carboxylic acids is 1. The Hall–Kier alpha value is -0.370. The quantitative estimate of drug-likeness (QED) is 0.620. The average Bonchev–Trinajstić information content (AvgIpc) is 2.52. The zero-order chi connectivity index (χ0) is 8.10. The fourth-order valence-electron chi connectivity index (χ4n) is 1.34. The van der Waals surface area contributed by atoms with Crippen molar-refractivity contribution in [1.29, 1.82) is 0 Å². The summed E-state index contributed by atoms with van der Waals surface area (Å²) in [5.41, 5.74) is 0. The fourth-order valence-corrected chi connectivity index (χ4v) is 1.34. The van der Waals surface area contributed by atoms with Gasteiger partial charge in [0.25, 0.3) is 0 Å². The Morgan fingerprint density at radius 2 is 2.45 bits per heavy atom. The average molecular weight is 156 g/mol. The van der Waals surface area contributed by atoms with Gasteiger partial charge in [-0.3, -0.25) is 4.79 Å². The van der Waals surface area contributed by atoms with E-state index in [2.05, 4.69) is 6.92 Å². The Labute approximate surface area is 67.9 Å². The van der Waals surface area contributed by atoms with Gasteiger partial charge in [-0.05, 0) is 12.8 Å². The van der Waals surface area contributed by atoms with E-state index in [1.54, 1.807) is 0 Å². The van der Waals surface area contributed by atoms with Crippen molar-refractivity contribution in [3.05, 3.63) is 0 Å². The molecule has 1 aliphatic heterocycles. The molecule has 1 unspecified atom stereocenters. The van der Waals surface area contributed by atoms with Gasteiger partial charge in [-0.1, -0.05) is 13.3 Å². The zero-order valence-electron chi connectivity index (χ0n) is 7.14. The van der Waals surface area contributed by atoms with Crippen molar-refractivity contribution >= 4 is 5.78 Å². The molecule has 0 aliphatic carbocycles. The molecule has 0 N–H and O–H groups in total. The number of hydrogen-bond donors (Lipinski definition) is 0. The summed E-state index contributed by atoms with van der Waals surface area (Å²) >= 11 is 0. The standard InChI is InChI=1S/C9H16O2/c1-2-3-4-9(10)8-5-6-11-7-8/h8H,2-7H2,1H3. The molecule has 64 valence electrons. The Balaban J connectivity index is 2.17. The van der Waals surface area contributed by atoms with E-state index in [1.807, 2.05) is 0 Å². The predicted molar refractivity (Wildman–Crippen MR) is 43.5 cm³/mol. The summed E-state index contributed by atoms with van der Waals surface area (Å²) in [6.07, 6.45) is 3.85. The molecule has 11 heavy (non-hydrogen) atoms. The molecule has 0 aromatic heterocycles. The van der Waals surface area contributed by atoms with Crippen LogP contribution < -0.4 is 0 Å². The van der Waals surface area contributed by atoms with E-state index in [-0.39, 0.29) is 5.92 Å². The highest BCUT2D eigenvalue weighted by Crippen LogP contribution is 2.15. The van der Waals surface area contributed by atoms with E-state index in [0.717, 1.165) is 32.3 Å². The van der Waals surface area contributed by atoms with Crippen molar-refractivity contribution in [1.82, 2.24) is 0 Å². The second-order valence-corrected chi connectivity index (χ2v) is 3.13. The molecule has 1 rings (SSSR count). The maximum absolute atomic E-state index is 11.3. The summed E-state index contributed by atoms with van der Waals surface area (Å²) in [4.78, 5) is 11.3. The van der Waals surface area contributed by atoms with Crippen molar-refractivity contribution in [2.24, 2.45) is 5.92 Å². The van der Waals surface area contributed by atoms with Gasteiger partial charge < -0.3 is 4.74 Å². The normalized spacial score (nSPS) is 23.9. The Morgan fingerprint density at radius 3 is 3.00 bits per heavy atom. The van der Waals surface area contributed by atoms with E-state index in [9.17, 15) is 4.79 Å². The second kappa shape index (κ2) is 4.50. The Kier molecular flexibility index (Phi) is 3.57. The third-order valence-electron chi connectivity index (χ3n) is 2.16. The topological polar surface area (TPSA) is 26.3 Å². The largest absolute Gasteiger partial charge is 0.381 e. The maximum atomic E-state index is 11.3. The Bertz CT molecular complexity index is 126. The highest BCUT2D eigenvalue weighted by atomic mass is 16.5. The molecule has 1 atom stereocenters. The van der Waals surface area contributed by atoms with Crippen LogP contribution in [0.15, 0.2) is 0 Å². The molecule has 0 amide bonds. The summed E-state index contributed by atoms with van der Waals surface area (Å²) in [5, 5.41) is 0. The summed E-state index contributed by atoms with van der Waals surface area (Å²) in [5.74, 6) is 0.630. The van der Waals surface area contributed by atoms with Gasteiger partial charge in [0.15, 0.2) is 0 Å². The molecule has 0 aromatic carbocycles. The number of unbranched alkanes of at least 4 members (excludes halogenated alkanes) is 1. The van der Waals surface area contributed by atoms with E-state index in [1.165, 1.54) is 0 Å². The lowest BCUT2D eigenvalue weighted by Crippen LogP contribution is -2.13. The highest BCUT2D eigenvalue weighted by Gasteiger charge is 2.22. The van der Waals surface area contributed by atoms with E-state index in [4.69, 9.17) is 4.74 Å². The van der Waals surface area contributed by atoms with E-state index in [0.29, 0.717) is 12.4 Å². The highest BCUT2D eigenvalue weighted by molar-refractivity contribution is 5.81. The minimum atomic E-state index is 0.224. The van der Waals surface area contributed by atoms with Crippen LogP contribution in [0.3, 0.4) is 0 Å². The molecule has 0 radical (unpaired) electrons. The number of rotatable bonds is 4. The van der Waals surface area contributed by atoms with E-state index >= 15 is 0 Å². The minimum Gasteiger partial charge on any atom is -0.381 e. The van der Waals surface area contributed by atoms with Gasteiger partial charge in [-0.2, -0.15) is 0 Å². The number of ketones is 1. The summed E-state index contributed by atoms with van der Waals surface area (Å²) in [6, 6.07) is 0. The first-order valence-electron chi connectivity index (χ1n) is 4.45. The molecule has 0 bridgehead atoms. The van der Waals surface area contributed by atoms with Crippen LogP contribution in [0.1, 0.15) is 32.6 Å². The van der Waals surface area contributed by atoms with Gasteiger partial charge in [0.05, 0.1) is 6.61 Å². The van der Waals surface area contributed by atoms with Crippen molar-refractivity contribution in [3.8, 4) is 0 Å². The molecule has 0 aromatic rings. The molecule has 1 saturated heterocycles. The van der Waals surface area contributed by atoms with Crippen molar-refractivity contribution in [2.75, 3.05) is 13.2 Å². The fraction of sp³-hybridized carbons (Fsp3) is 0.889. The smallest absolute Gasteiger partial charge is 0.138 e. The first kappa shape index (κ1) is 8.72. The van der Waals surface area contributed by atoms with Crippen molar-refractivity contribution in [2.45, 2.75) is 32.6 Å². The van der Waals surface area contributed by atoms with Crippen LogP contribution in [0.5, 0.6) is 0 Å². The van der Waals surface area contributed by atoms with Gasteiger partial charge in [-0.25, -0.2) is 0 Å². The molecular weight excluding hydrogens is 140 g/mol. The zero-order valence-corrected chi connectivity index (χ0v) is 7.14. The first-order valence-corrected chi connectivity index (χ1v) is 4.45. The lowest BCUT2D eigenvalue weighted by atomic mass is 9.99. The molecule has 2 nitrogen and oxygen atoms in total. The number of carbonyl (C=O) groups is 1. The molecule has 0 saturated carbocycles. The minimum absolute atomic E-state index is 0.224. The lowest BCUT2D eigenvalue weighted by molar-refractivity contribution is -0.122. The van der Waals surface area contributed by atoms with Crippen LogP contribution in [0.2, 0.25) is 0 Å². The van der Waals surface area contributed by atoms with Crippen LogP contribution in [0.4, 0.5) is 0 Å². The maximum Gasteiger partial charge on any atom is 0.138 e. The van der Waals surface area contributed by atoms with Gasteiger partial charge >= 0.3 is 0 Å². The number of Topliss-reactive ketones (excluding diaryl/α,β-unsaturated/α-hetero) is 1. The van der Waals surface area contributed by atoms with Gasteiger partial charge in [-0.15, -0.1) is 0 Å². The van der Waals surface area contributed by atoms with Crippen LogP contribution in [-0.4, -0.2) is 19.0 Å².